The molecule has 0 radical (unpaired) electrons. The summed E-state index contributed by atoms with van der Waals surface area (Å²) in [4.78, 5) is 14.7. The normalized spacial score (nSPS) is 10.3. The second kappa shape index (κ2) is 3.34. The Balaban J connectivity index is 2.84. The van der Waals surface area contributed by atoms with Crippen LogP contribution >= 0.6 is 0 Å². The first-order valence-electron chi connectivity index (χ1n) is 3.57. The number of ether oxygens (including phenoxy) is 1. The third kappa shape index (κ3) is 1.61. The van der Waals surface area contributed by atoms with Gasteiger partial charge in [-0.25, -0.2) is 4.79 Å². The van der Waals surface area contributed by atoms with Gasteiger partial charge in [-0.1, -0.05) is 19.0 Å². The summed E-state index contributed by atoms with van der Waals surface area (Å²) in [6, 6.07) is 0. The Bertz CT molecular complexity index is 280. The zero-order valence-corrected chi connectivity index (χ0v) is 7.20. The van der Waals surface area contributed by atoms with Crippen LogP contribution in [0.1, 0.15) is 36.3 Å². The van der Waals surface area contributed by atoms with Crippen molar-refractivity contribution in [2.24, 2.45) is 0 Å². The van der Waals surface area contributed by atoms with Crippen molar-refractivity contribution in [3.63, 3.8) is 0 Å². The highest BCUT2D eigenvalue weighted by molar-refractivity contribution is 5.83. The highest BCUT2D eigenvalue weighted by Crippen LogP contribution is 2.09. The van der Waals surface area contributed by atoms with Gasteiger partial charge in [0.1, 0.15) is 0 Å². The predicted molar refractivity (Wildman–Crippen MR) is 39.7 cm³/mol. The maximum Gasteiger partial charge on any atom is 0.397 e. The van der Waals surface area contributed by atoms with Crippen molar-refractivity contribution >= 4 is 5.97 Å². The van der Waals surface area contributed by atoms with Crippen LogP contribution in [0.15, 0.2) is 4.52 Å². The van der Waals surface area contributed by atoms with Crippen molar-refractivity contribution < 1.29 is 14.1 Å². The van der Waals surface area contributed by atoms with Crippen molar-refractivity contribution in [3.05, 3.63) is 11.7 Å². The predicted octanol–water partition coefficient (Wildman–Crippen LogP) is 0.980. The molecular weight excluding hydrogens is 160 g/mol. The van der Waals surface area contributed by atoms with Gasteiger partial charge in [-0.15, -0.1) is 0 Å². The van der Waals surface area contributed by atoms with Crippen molar-refractivity contribution in [1.82, 2.24) is 10.1 Å². The van der Waals surface area contributed by atoms with Crippen molar-refractivity contribution in [2.45, 2.75) is 19.8 Å². The summed E-state index contributed by atoms with van der Waals surface area (Å²) in [6.45, 7) is 3.82. The molecule has 0 aliphatic carbocycles. The molecule has 1 aromatic heterocycles. The summed E-state index contributed by atoms with van der Waals surface area (Å²) < 4.78 is 9.04. The molecule has 1 heterocycles. The molecule has 0 saturated heterocycles. The van der Waals surface area contributed by atoms with Crippen LogP contribution in [0.5, 0.6) is 0 Å². The second-order valence-electron chi connectivity index (χ2n) is 2.60. The summed E-state index contributed by atoms with van der Waals surface area (Å²) in [5.74, 6) is -0.0434. The van der Waals surface area contributed by atoms with E-state index < -0.39 is 5.97 Å². The molecule has 0 saturated carbocycles. The SMILES string of the molecule is COC(=O)c1nc(C(C)C)no1. The van der Waals surface area contributed by atoms with Gasteiger partial charge >= 0.3 is 11.9 Å². The topological polar surface area (TPSA) is 65.2 Å². The van der Waals surface area contributed by atoms with Crippen molar-refractivity contribution in [2.75, 3.05) is 7.11 Å². The number of rotatable bonds is 2. The summed E-state index contributed by atoms with van der Waals surface area (Å²) in [6.07, 6.45) is 0. The molecule has 0 atom stereocenters. The standard InChI is InChI=1S/C7H10N2O3/c1-4(2)5-8-6(12-9-5)7(10)11-3/h4H,1-3H3. The number of hydrogen-bond acceptors (Lipinski definition) is 5. The molecule has 0 aliphatic heterocycles. The van der Waals surface area contributed by atoms with Gasteiger partial charge in [0.2, 0.25) is 0 Å². The minimum absolute atomic E-state index is 0.0961. The summed E-state index contributed by atoms with van der Waals surface area (Å²) >= 11 is 0. The minimum Gasteiger partial charge on any atom is -0.462 e. The Labute approximate surface area is 69.7 Å². The number of aromatic nitrogens is 2. The van der Waals surface area contributed by atoms with E-state index in [0.717, 1.165) is 0 Å². The largest absolute Gasteiger partial charge is 0.462 e. The monoisotopic (exact) mass is 170 g/mol. The first-order chi connectivity index (χ1) is 5.65. The van der Waals surface area contributed by atoms with E-state index in [1.54, 1.807) is 0 Å². The van der Waals surface area contributed by atoms with Crippen LogP contribution in [0.25, 0.3) is 0 Å². The average Bonchev–Trinajstić information content (AvgIpc) is 2.51. The lowest BCUT2D eigenvalue weighted by molar-refractivity contribution is 0.0545. The molecule has 0 spiro atoms. The molecule has 0 bridgehead atoms. The molecule has 12 heavy (non-hydrogen) atoms. The van der Waals surface area contributed by atoms with Crippen LogP contribution in [0.3, 0.4) is 0 Å². The molecule has 0 unspecified atom stereocenters. The van der Waals surface area contributed by atoms with E-state index in [2.05, 4.69) is 19.4 Å². The second-order valence-corrected chi connectivity index (χ2v) is 2.60. The van der Waals surface area contributed by atoms with Gasteiger partial charge in [0.15, 0.2) is 5.82 Å². The zero-order valence-electron chi connectivity index (χ0n) is 7.20. The molecule has 66 valence electrons. The van der Waals surface area contributed by atoms with Gasteiger partial charge < -0.3 is 9.26 Å². The Morgan fingerprint density at radius 1 is 1.58 bits per heavy atom. The first-order valence-corrected chi connectivity index (χ1v) is 3.57. The number of nitrogens with zero attached hydrogens (tertiary/aromatic N) is 2. The van der Waals surface area contributed by atoms with E-state index in [-0.39, 0.29) is 11.8 Å². The van der Waals surface area contributed by atoms with E-state index >= 15 is 0 Å². The highest BCUT2D eigenvalue weighted by Gasteiger charge is 2.16. The van der Waals surface area contributed by atoms with Crippen LogP contribution in [-0.2, 0) is 4.74 Å². The minimum atomic E-state index is -0.602. The van der Waals surface area contributed by atoms with Crippen LogP contribution in [0.2, 0.25) is 0 Å². The van der Waals surface area contributed by atoms with Crippen molar-refractivity contribution in [1.29, 1.82) is 0 Å². The lowest BCUT2D eigenvalue weighted by Gasteiger charge is -1.91. The van der Waals surface area contributed by atoms with Gasteiger partial charge in [0.05, 0.1) is 7.11 Å². The lowest BCUT2D eigenvalue weighted by atomic mass is 10.2. The lowest BCUT2D eigenvalue weighted by Crippen LogP contribution is -2.01. The van der Waals surface area contributed by atoms with Crippen LogP contribution < -0.4 is 0 Å². The van der Waals surface area contributed by atoms with Gasteiger partial charge in [-0.2, -0.15) is 4.98 Å². The Hall–Kier alpha value is -1.39. The van der Waals surface area contributed by atoms with Crippen LogP contribution in [0.4, 0.5) is 0 Å². The number of hydrogen-bond donors (Lipinski definition) is 0. The maximum absolute atomic E-state index is 10.8. The van der Waals surface area contributed by atoms with E-state index in [1.807, 2.05) is 13.8 Å². The van der Waals surface area contributed by atoms with Crippen molar-refractivity contribution in [3.8, 4) is 0 Å². The maximum atomic E-state index is 10.8. The Morgan fingerprint density at radius 3 is 2.67 bits per heavy atom. The number of carbonyl (C=O) groups is 1. The fourth-order valence-corrected chi connectivity index (χ4v) is 0.640. The van der Waals surface area contributed by atoms with Gasteiger partial charge in [-0.3, -0.25) is 0 Å². The Morgan fingerprint density at radius 2 is 2.25 bits per heavy atom. The molecule has 0 aliphatic rings. The van der Waals surface area contributed by atoms with Gasteiger partial charge in [0.25, 0.3) is 0 Å². The van der Waals surface area contributed by atoms with E-state index in [1.165, 1.54) is 7.11 Å². The fraction of sp³-hybridized carbons (Fsp3) is 0.571. The quantitative estimate of drug-likeness (QED) is 0.619. The molecule has 1 aromatic rings. The average molecular weight is 170 g/mol. The first kappa shape index (κ1) is 8.70. The van der Waals surface area contributed by atoms with E-state index in [9.17, 15) is 4.79 Å². The zero-order chi connectivity index (χ0) is 9.14. The molecule has 0 aromatic carbocycles. The Kier molecular flexibility index (Phi) is 2.42. The third-order valence-corrected chi connectivity index (χ3v) is 1.32. The summed E-state index contributed by atoms with van der Waals surface area (Å²) in [7, 11) is 1.27. The molecular formula is C7H10N2O3. The fourth-order valence-electron chi connectivity index (χ4n) is 0.640. The third-order valence-electron chi connectivity index (χ3n) is 1.32. The highest BCUT2D eigenvalue weighted by atomic mass is 16.6. The molecule has 0 fully saturated rings. The van der Waals surface area contributed by atoms with Gasteiger partial charge in [0, 0.05) is 5.92 Å². The molecule has 1 rings (SSSR count). The van der Waals surface area contributed by atoms with E-state index in [4.69, 9.17) is 0 Å². The van der Waals surface area contributed by atoms with E-state index in [0.29, 0.717) is 5.82 Å². The molecule has 0 amide bonds. The molecule has 0 N–H and O–H groups in total. The smallest absolute Gasteiger partial charge is 0.397 e. The number of esters is 1. The number of methoxy groups -OCH3 is 1. The van der Waals surface area contributed by atoms with Crippen LogP contribution in [0, 0.1) is 0 Å². The van der Waals surface area contributed by atoms with Crippen LogP contribution in [-0.4, -0.2) is 23.2 Å². The number of carbonyl (C=O) groups excluding carboxylic acids is 1. The summed E-state index contributed by atoms with van der Waals surface area (Å²) in [5, 5.41) is 3.60. The molecule has 5 nitrogen and oxygen atoms in total. The van der Waals surface area contributed by atoms with Gasteiger partial charge in [-0.05, 0) is 0 Å². The molecule has 5 heteroatoms. The summed E-state index contributed by atoms with van der Waals surface area (Å²) in [5.41, 5.74) is 0.